The summed E-state index contributed by atoms with van der Waals surface area (Å²) in [6.07, 6.45) is 1.76. The third kappa shape index (κ3) is 5.11. The molecule has 2 rings (SSSR count). The molecule has 0 unspecified atom stereocenters. The molecule has 7 nitrogen and oxygen atoms in total. The summed E-state index contributed by atoms with van der Waals surface area (Å²) in [5.74, 6) is 1.81. The van der Waals surface area contributed by atoms with Gasteiger partial charge in [0.1, 0.15) is 0 Å². The van der Waals surface area contributed by atoms with Crippen LogP contribution in [0.1, 0.15) is 17.4 Å². The number of halogens is 1. The second-order valence-electron chi connectivity index (χ2n) is 3.83. The molecule has 0 aromatic carbocycles. The zero-order valence-electron chi connectivity index (χ0n) is 11.3. The van der Waals surface area contributed by atoms with Gasteiger partial charge in [-0.3, -0.25) is 9.98 Å². The van der Waals surface area contributed by atoms with Gasteiger partial charge in [-0.1, -0.05) is 11.2 Å². The monoisotopic (exact) mass is 388 g/mol. The summed E-state index contributed by atoms with van der Waals surface area (Å²) in [4.78, 5) is 12.4. The Morgan fingerprint density at radius 3 is 2.70 bits per heavy atom. The Morgan fingerprint density at radius 1 is 1.30 bits per heavy atom. The molecule has 2 aromatic heterocycles. The molecule has 0 fully saturated rings. The van der Waals surface area contributed by atoms with Gasteiger partial charge < -0.3 is 15.2 Å². The van der Waals surface area contributed by atoms with Crippen molar-refractivity contribution in [2.45, 2.75) is 20.0 Å². The van der Waals surface area contributed by atoms with Gasteiger partial charge in [-0.2, -0.15) is 4.98 Å². The lowest BCUT2D eigenvalue weighted by molar-refractivity contribution is 0.387. The first kappa shape index (κ1) is 16.3. The molecule has 20 heavy (non-hydrogen) atoms. The predicted octanol–water partition coefficient (Wildman–Crippen LogP) is 1.26. The molecule has 0 bridgehead atoms. The van der Waals surface area contributed by atoms with Gasteiger partial charge in [0.25, 0.3) is 0 Å². The molecule has 108 valence electrons. The minimum atomic E-state index is 0. The smallest absolute Gasteiger partial charge is 0.223 e. The van der Waals surface area contributed by atoms with Gasteiger partial charge in [0.2, 0.25) is 5.89 Å². The highest BCUT2D eigenvalue weighted by Crippen LogP contribution is 1.94. The SMILES string of the molecule is CN=C(NCc1ccccn1)NCc1noc(C)n1.I. The first-order chi connectivity index (χ1) is 9.28. The molecular weight excluding hydrogens is 371 g/mol. The van der Waals surface area contributed by atoms with E-state index in [-0.39, 0.29) is 24.0 Å². The van der Waals surface area contributed by atoms with Crippen LogP contribution in [-0.4, -0.2) is 28.1 Å². The fourth-order valence-corrected chi connectivity index (χ4v) is 1.47. The molecule has 2 heterocycles. The summed E-state index contributed by atoms with van der Waals surface area (Å²) in [5, 5.41) is 10.0. The van der Waals surface area contributed by atoms with E-state index in [1.54, 1.807) is 20.2 Å². The lowest BCUT2D eigenvalue weighted by atomic mass is 10.3. The number of aromatic nitrogens is 3. The molecule has 0 amide bonds. The van der Waals surface area contributed by atoms with Crippen molar-refractivity contribution < 1.29 is 4.52 Å². The lowest BCUT2D eigenvalue weighted by Crippen LogP contribution is -2.36. The molecule has 0 radical (unpaired) electrons. The molecule has 0 atom stereocenters. The Morgan fingerprint density at radius 2 is 2.10 bits per heavy atom. The Bertz CT molecular complexity index is 542. The van der Waals surface area contributed by atoms with Crippen molar-refractivity contribution >= 4 is 29.9 Å². The zero-order chi connectivity index (χ0) is 13.5. The van der Waals surface area contributed by atoms with Crippen molar-refractivity contribution in [3.05, 3.63) is 41.8 Å². The maximum Gasteiger partial charge on any atom is 0.223 e. The number of nitrogens with zero attached hydrogens (tertiary/aromatic N) is 4. The van der Waals surface area contributed by atoms with E-state index in [0.29, 0.717) is 30.8 Å². The summed E-state index contributed by atoms with van der Waals surface area (Å²) in [5.41, 5.74) is 0.945. The molecule has 0 saturated carbocycles. The number of nitrogens with one attached hydrogen (secondary N) is 2. The van der Waals surface area contributed by atoms with Crippen LogP contribution in [0, 0.1) is 6.92 Å². The predicted molar refractivity (Wildman–Crippen MR) is 85.7 cm³/mol. The second kappa shape index (κ2) is 8.46. The summed E-state index contributed by atoms with van der Waals surface area (Å²) >= 11 is 0. The Labute approximate surface area is 134 Å². The van der Waals surface area contributed by atoms with E-state index in [1.807, 2.05) is 18.2 Å². The normalized spacial score (nSPS) is 10.8. The number of pyridine rings is 1. The zero-order valence-corrected chi connectivity index (χ0v) is 13.7. The van der Waals surface area contributed by atoms with Gasteiger partial charge in [-0.15, -0.1) is 24.0 Å². The van der Waals surface area contributed by atoms with Crippen LogP contribution >= 0.6 is 24.0 Å². The molecule has 0 aliphatic carbocycles. The highest BCUT2D eigenvalue weighted by Gasteiger charge is 2.03. The maximum atomic E-state index is 4.89. The largest absolute Gasteiger partial charge is 0.351 e. The van der Waals surface area contributed by atoms with E-state index >= 15 is 0 Å². The minimum absolute atomic E-state index is 0. The quantitative estimate of drug-likeness (QED) is 0.466. The van der Waals surface area contributed by atoms with Crippen molar-refractivity contribution in [3.8, 4) is 0 Å². The average Bonchev–Trinajstić information content (AvgIpc) is 2.86. The van der Waals surface area contributed by atoms with Crippen LogP contribution in [0.3, 0.4) is 0 Å². The van der Waals surface area contributed by atoms with Crippen molar-refractivity contribution in [1.82, 2.24) is 25.8 Å². The van der Waals surface area contributed by atoms with Crippen LogP contribution in [0.15, 0.2) is 33.9 Å². The highest BCUT2D eigenvalue weighted by atomic mass is 127. The van der Waals surface area contributed by atoms with Gasteiger partial charge >= 0.3 is 0 Å². The van der Waals surface area contributed by atoms with Gasteiger partial charge in [-0.25, -0.2) is 0 Å². The molecule has 0 aliphatic heterocycles. The Hall–Kier alpha value is -1.71. The van der Waals surface area contributed by atoms with E-state index < -0.39 is 0 Å². The van der Waals surface area contributed by atoms with Gasteiger partial charge in [0.05, 0.1) is 18.8 Å². The van der Waals surface area contributed by atoms with E-state index in [9.17, 15) is 0 Å². The highest BCUT2D eigenvalue weighted by molar-refractivity contribution is 14.0. The fraction of sp³-hybridized carbons (Fsp3) is 0.333. The third-order valence-electron chi connectivity index (χ3n) is 2.37. The fourth-order valence-electron chi connectivity index (χ4n) is 1.47. The minimum Gasteiger partial charge on any atom is -0.351 e. The van der Waals surface area contributed by atoms with Crippen LogP contribution in [0.4, 0.5) is 0 Å². The Balaban J connectivity index is 0.00000200. The topological polar surface area (TPSA) is 88.2 Å². The molecule has 0 spiro atoms. The first-order valence-corrected chi connectivity index (χ1v) is 5.91. The van der Waals surface area contributed by atoms with E-state index in [4.69, 9.17) is 4.52 Å². The molecule has 8 heteroatoms. The summed E-state index contributed by atoms with van der Waals surface area (Å²) in [6.45, 7) is 2.82. The lowest BCUT2D eigenvalue weighted by Gasteiger charge is -2.09. The van der Waals surface area contributed by atoms with Crippen molar-refractivity contribution in [1.29, 1.82) is 0 Å². The Kier molecular flexibility index (Phi) is 6.91. The number of hydrogen-bond donors (Lipinski definition) is 2. The standard InChI is InChI=1S/C12H16N6O.HI/c1-9-17-11(18-19-9)8-16-12(13-2)15-7-10-5-3-4-6-14-10;/h3-6H,7-8H2,1-2H3,(H2,13,15,16);1H. The van der Waals surface area contributed by atoms with E-state index in [2.05, 4.69) is 30.8 Å². The number of guanidine groups is 1. The number of aryl methyl sites for hydroxylation is 1. The average molecular weight is 388 g/mol. The second-order valence-corrected chi connectivity index (χ2v) is 3.83. The number of aliphatic imine (C=N–C) groups is 1. The van der Waals surface area contributed by atoms with Crippen molar-refractivity contribution in [2.75, 3.05) is 7.05 Å². The van der Waals surface area contributed by atoms with E-state index in [0.717, 1.165) is 5.69 Å². The van der Waals surface area contributed by atoms with Crippen LogP contribution in [0.5, 0.6) is 0 Å². The molecule has 0 aliphatic rings. The van der Waals surface area contributed by atoms with Crippen LogP contribution in [0.2, 0.25) is 0 Å². The number of rotatable bonds is 4. The van der Waals surface area contributed by atoms with Gasteiger partial charge in [0, 0.05) is 20.2 Å². The van der Waals surface area contributed by atoms with Crippen LogP contribution in [0.25, 0.3) is 0 Å². The summed E-state index contributed by atoms with van der Waals surface area (Å²) < 4.78 is 4.89. The third-order valence-corrected chi connectivity index (χ3v) is 2.37. The molecular formula is C12H17IN6O. The van der Waals surface area contributed by atoms with Crippen molar-refractivity contribution in [2.24, 2.45) is 4.99 Å². The first-order valence-electron chi connectivity index (χ1n) is 5.91. The molecule has 2 aromatic rings. The van der Waals surface area contributed by atoms with Gasteiger partial charge in [0.15, 0.2) is 11.8 Å². The molecule has 2 N–H and O–H groups in total. The molecule has 0 saturated heterocycles. The van der Waals surface area contributed by atoms with Gasteiger partial charge in [-0.05, 0) is 12.1 Å². The van der Waals surface area contributed by atoms with Crippen molar-refractivity contribution in [3.63, 3.8) is 0 Å². The summed E-state index contributed by atoms with van der Waals surface area (Å²) in [7, 11) is 1.70. The van der Waals surface area contributed by atoms with E-state index in [1.165, 1.54) is 0 Å². The number of hydrogen-bond acceptors (Lipinski definition) is 5. The van der Waals surface area contributed by atoms with Crippen LogP contribution < -0.4 is 10.6 Å². The maximum absolute atomic E-state index is 4.89. The van der Waals surface area contributed by atoms with Crippen LogP contribution in [-0.2, 0) is 13.1 Å². The summed E-state index contributed by atoms with van der Waals surface area (Å²) in [6, 6.07) is 5.78.